The molecule has 2 rings (SSSR count). The summed E-state index contributed by atoms with van der Waals surface area (Å²) in [6, 6.07) is 10.5. The molecule has 5 heteroatoms. The third kappa shape index (κ3) is 3.13. The largest absolute Gasteiger partial charge is 0.462 e. The Hall–Kier alpha value is -1.97. The second kappa shape index (κ2) is 6.46. The zero-order valence-electron chi connectivity index (χ0n) is 11.7. The van der Waals surface area contributed by atoms with E-state index in [9.17, 15) is 4.79 Å². The molecule has 0 atom stereocenters. The Morgan fingerprint density at radius 3 is 2.85 bits per heavy atom. The van der Waals surface area contributed by atoms with Crippen molar-refractivity contribution in [3.05, 3.63) is 29.1 Å². The molecule has 0 saturated heterocycles. The Morgan fingerprint density at radius 2 is 2.15 bits per heavy atom. The quantitative estimate of drug-likeness (QED) is 0.622. The lowest BCUT2D eigenvalue weighted by Gasteiger charge is -1.99. The molecule has 4 nitrogen and oxygen atoms in total. The number of aliphatic imine (C=N–C) groups is 2. The highest BCUT2D eigenvalue weighted by Gasteiger charge is 2.18. The van der Waals surface area contributed by atoms with Crippen LogP contribution in [-0.2, 0) is 4.74 Å². The Balaban J connectivity index is 2.56. The van der Waals surface area contributed by atoms with E-state index in [1.165, 1.54) is 11.3 Å². The molecular weight excluding hydrogens is 272 g/mol. The van der Waals surface area contributed by atoms with Gasteiger partial charge in [-0.1, -0.05) is 18.2 Å². The number of carbonyl (C=O) groups excluding carboxylic acids is 1. The minimum Gasteiger partial charge on any atom is -0.462 e. The van der Waals surface area contributed by atoms with Gasteiger partial charge in [0, 0.05) is 10.1 Å². The predicted molar refractivity (Wildman–Crippen MR) is 82.4 cm³/mol. The first-order valence-electron chi connectivity index (χ1n) is 6.47. The zero-order valence-corrected chi connectivity index (χ0v) is 12.5. The Kier molecular flexibility index (Phi) is 4.66. The van der Waals surface area contributed by atoms with Gasteiger partial charge in [0.15, 0.2) is 0 Å². The molecule has 1 heterocycles. The van der Waals surface area contributed by atoms with E-state index in [2.05, 4.69) is 16.0 Å². The van der Waals surface area contributed by atoms with Crippen LogP contribution in [0.5, 0.6) is 0 Å². The van der Waals surface area contributed by atoms with Crippen molar-refractivity contribution in [2.24, 2.45) is 9.98 Å². The van der Waals surface area contributed by atoms with Gasteiger partial charge in [-0.3, -0.25) is 0 Å². The van der Waals surface area contributed by atoms with Gasteiger partial charge in [-0.2, -0.15) is 4.99 Å². The third-order valence-electron chi connectivity index (χ3n) is 2.51. The molecule has 0 fully saturated rings. The average molecular weight is 288 g/mol. The van der Waals surface area contributed by atoms with E-state index in [1.54, 1.807) is 6.92 Å². The molecule has 0 spiro atoms. The second-order valence-corrected chi connectivity index (χ2v) is 5.48. The molecule has 1 aromatic heterocycles. The minimum absolute atomic E-state index is 0.120. The summed E-state index contributed by atoms with van der Waals surface area (Å²) in [6.45, 7) is 6.02. The summed E-state index contributed by atoms with van der Waals surface area (Å²) < 4.78 is 6.08. The van der Waals surface area contributed by atoms with Gasteiger partial charge in [0.25, 0.3) is 0 Å². The molecule has 0 bridgehead atoms. The van der Waals surface area contributed by atoms with Gasteiger partial charge in [-0.05, 0) is 26.8 Å². The maximum Gasteiger partial charge on any atom is 0.350 e. The molecule has 0 amide bonds. The van der Waals surface area contributed by atoms with E-state index >= 15 is 0 Å². The van der Waals surface area contributed by atoms with Crippen molar-refractivity contribution in [2.45, 2.75) is 26.8 Å². The number of hydrogen-bond donors (Lipinski definition) is 0. The lowest BCUT2D eigenvalue weighted by Crippen LogP contribution is -2.02. The van der Waals surface area contributed by atoms with E-state index in [-0.39, 0.29) is 12.0 Å². The third-order valence-corrected chi connectivity index (χ3v) is 3.65. The van der Waals surface area contributed by atoms with Crippen LogP contribution in [0.25, 0.3) is 10.1 Å². The van der Waals surface area contributed by atoms with Crippen LogP contribution in [0.2, 0.25) is 0 Å². The van der Waals surface area contributed by atoms with Crippen molar-refractivity contribution >= 4 is 39.1 Å². The normalized spacial score (nSPS) is 10.4. The molecule has 0 aliphatic heterocycles. The monoisotopic (exact) mass is 288 g/mol. The lowest BCUT2D eigenvalue weighted by atomic mass is 10.2. The fourth-order valence-electron chi connectivity index (χ4n) is 1.67. The molecular formula is C15H16N2O2S. The van der Waals surface area contributed by atoms with Crippen LogP contribution in [0.1, 0.15) is 30.4 Å². The molecule has 20 heavy (non-hydrogen) atoms. The second-order valence-electron chi connectivity index (χ2n) is 4.43. The number of thiophene rings is 1. The van der Waals surface area contributed by atoms with Crippen LogP contribution in [0.3, 0.4) is 0 Å². The van der Waals surface area contributed by atoms with Crippen molar-refractivity contribution < 1.29 is 9.53 Å². The fraction of sp³-hybridized carbons (Fsp3) is 0.333. The Morgan fingerprint density at radius 1 is 1.40 bits per heavy atom. The number of ether oxygens (including phenoxy) is 1. The number of fused-ring (bicyclic) bond motifs is 1. The maximum atomic E-state index is 12.0. The van der Waals surface area contributed by atoms with Crippen molar-refractivity contribution in [3.8, 4) is 0 Å². The van der Waals surface area contributed by atoms with Gasteiger partial charge >= 0.3 is 5.97 Å². The SMILES string of the molecule is CCOC(=O)c1sc2ccccc2c1N=C=NC(C)C. The topological polar surface area (TPSA) is 51.0 Å². The first kappa shape index (κ1) is 14.4. The standard InChI is InChI=1S/C15H16N2O2S/c1-4-19-15(18)14-13(17-9-16-10(2)3)11-7-5-6-8-12(11)20-14/h5-8,10H,4H2,1-3H3. The number of nitrogens with zero attached hydrogens (tertiary/aromatic N) is 2. The first-order chi connectivity index (χ1) is 9.63. The summed E-state index contributed by atoms with van der Waals surface area (Å²) in [5.74, 6) is -0.348. The van der Waals surface area contributed by atoms with Crippen LogP contribution in [0, 0.1) is 0 Å². The van der Waals surface area contributed by atoms with E-state index in [0.29, 0.717) is 17.2 Å². The van der Waals surface area contributed by atoms with Gasteiger partial charge < -0.3 is 4.74 Å². The van der Waals surface area contributed by atoms with Crippen molar-refractivity contribution in [1.82, 2.24) is 0 Å². The van der Waals surface area contributed by atoms with Crippen molar-refractivity contribution in [2.75, 3.05) is 6.61 Å². The number of esters is 1. The molecule has 0 unspecified atom stereocenters. The highest BCUT2D eigenvalue weighted by molar-refractivity contribution is 7.21. The average Bonchev–Trinajstić information content (AvgIpc) is 2.78. The number of benzene rings is 1. The smallest absolute Gasteiger partial charge is 0.350 e. The van der Waals surface area contributed by atoms with E-state index in [4.69, 9.17) is 4.74 Å². The molecule has 0 radical (unpaired) electrons. The summed E-state index contributed by atoms with van der Waals surface area (Å²) in [6.07, 6.45) is 0. The van der Waals surface area contributed by atoms with Crippen LogP contribution in [0.4, 0.5) is 5.69 Å². The van der Waals surface area contributed by atoms with Gasteiger partial charge in [-0.15, -0.1) is 11.3 Å². The van der Waals surface area contributed by atoms with Crippen LogP contribution in [0.15, 0.2) is 34.3 Å². The van der Waals surface area contributed by atoms with Gasteiger partial charge in [-0.25, -0.2) is 9.79 Å². The summed E-state index contributed by atoms with van der Waals surface area (Å²) in [5, 5.41) is 0.923. The van der Waals surface area contributed by atoms with Gasteiger partial charge in [0.1, 0.15) is 10.6 Å². The minimum atomic E-state index is -0.348. The molecule has 0 N–H and O–H groups in total. The van der Waals surface area contributed by atoms with Crippen molar-refractivity contribution in [3.63, 3.8) is 0 Å². The Labute approximate surface area is 121 Å². The molecule has 0 aliphatic carbocycles. The highest BCUT2D eigenvalue weighted by Crippen LogP contribution is 2.37. The van der Waals surface area contributed by atoms with E-state index in [0.717, 1.165) is 10.1 Å². The molecule has 1 aromatic carbocycles. The summed E-state index contributed by atoms with van der Waals surface area (Å²) >= 11 is 1.38. The first-order valence-corrected chi connectivity index (χ1v) is 7.29. The zero-order chi connectivity index (χ0) is 14.5. The maximum absolute atomic E-state index is 12.0. The van der Waals surface area contributed by atoms with Crippen molar-refractivity contribution in [1.29, 1.82) is 0 Å². The summed E-state index contributed by atoms with van der Waals surface area (Å²) in [5.41, 5.74) is 0.591. The fourth-order valence-corrected chi connectivity index (χ4v) is 2.71. The molecule has 0 aliphatic rings. The summed E-state index contributed by atoms with van der Waals surface area (Å²) in [7, 11) is 0. The summed E-state index contributed by atoms with van der Waals surface area (Å²) in [4.78, 5) is 20.8. The Bertz CT molecular complexity index is 682. The highest BCUT2D eigenvalue weighted by atomic mass is 32.1. The van der Waals surface area contributed by atoms with Crippen LogP contribution >= 0.6 is 11.3 Å². The number of rotatable bonds is 4. The van der Waals surface area contributed by atoms with Gasteiger partial charge in [0.05, 0.1) is 18.7 Å². The van der Waals surface area contributed by atoms with E-state index in [1.807, 2.05) is 38.1 Å². The van der Waals surface area contributed by atoms with Crippen LogP contribution in [-0.4, -0.2) is 24.6 Å². The van der Waals surface area contributed by atoms with Gasteiger partial charge in [0.2, 0.25) is 0 Å². The molecule has 104 valence electrons. The number of carbonyl (C=O) groups is 1. The number of hydrogen-bond acceptors (Lipinski definition) is 5. The van der Waals surface area contributed by atoms with Crippen LogP contribution < -0.4 is 0 Å². The molecule has 0 saturated carbocycles. The predicted octanol–water partition coefficient (Wildman–Crippen LogP) is 4.29. The molecule has 2 aromatic rings. The van der Waals surface area contributed by atoms with E-state index < -0.39 is 0 Å². The lowest BCUT2D eigenvalue weighted by molar-refractivity contribution is 0.0533.